The van der Waals surface area contributed by atoms with E-state index in [-0.39, 0.29) is 17.5 Å². The van der Waals surface area contributed by atoms with Crippen LogP contribution in [0.1, 0.15) is 21.5 Å². The van der Waals surface area contributed by atoms with Crippen molar-refractivity contribution < 1.29 is 27.5 Å². The molecule has 1 aromatic heterocycles. The van der Waals surface area contributed by atoms with Gasteiger partial charge in [0.1, 0.15) is 5.82 Å². The zero-order chi connectivity index (χ0) is 17.5. The molecule has 24 heavy (non-hydrogen) atoms. The van der Waals surface area contributed by atoms with Crippen molar-refractivity contribution in [2.45, 2.75) is 12.7 Å². The summed E-state index contributed by atoms with van der Waals surface area (Å²) in [5.41, 5.74) is -0.792. The summed E-state index contributed by atoms with van der Waals surface area (Å²) >= 11 is 0. The minimum atomic E-state index is -4.46. The quantitative estimate of drug-likeness (QED) is 0.736. The largest absolute Gasteiger partial charge is 0.478 e. The molecular weight excluding hydrogens is 328 g/mol. The van der Waals surface area contributed by atoms with E-state index < -0.39 is 29.1 Å². The Morgan fingerprint density at radius 2 is 1.96 bits per heavy atom. The van der Waals surface area contributed by atoms with E-state index in [4.69, 9.17) is 5.11 Å². The molecule has 4 nitrogen and oxygen atoms in total. The van der Waals surface area contributed by atoms with Crippen LogP contribution in [-0.4, -0.2) is 20.9 Å². The number of aromatic nitrogens is 2. The molecule has 0 aliphatic carbocycles. The third-order valence-electron chi connectivity index (χ3n) is 3.60. The highest BCUT2D eigenvalue weighted by Gasteiger charge is 2.30. The lowest BCUT2D eigenvalue weighted by molar-refractivity contribution is -0.137. The fraction of sp³-hybridized carbons (Fsp3) is 0.125. The zero-order valence-corrected chi connectivity index (χ0v) is 12.0. The van der Waals surface area contributed by atoms with Gasteiger partial charge in [-0.25, -0.2) is 9.18 Å². The van der Waals surface area contributed by atoms with Crippen LogP contribution in [0.25, 0.3) is 10.9 Å². The molecule has 0 saturated carbocycles. The van der Waals surface area contributed by atoms with Crippen molar-refractivity contribution in [3.8, 4) is 0 Å². The minimum absolute atomic E-state index is 0.0831. The summed E-state index contributed by atoms with van der Waals surface area (Å²) in [6.45, 7) is -0.0954. The fourth-order valence-corrected chi connectivity index (χ4v) is 2.42. The Kier molecular flexibility index (Phi) is 3.75. The van der Waals surface area contributed by atoms with Gasteiger partial charge in [0, 0.05) is 10.9 Å². The first-order valence-electron chi connectivity index (χ1n) is 6.81. The molecule has 0 unspecified atom stereocenters. The monoisotopic (exact) mass is 338 g/mol. The van der Waals surface area contributed by atoms with Gasteiger partial charge in [0.25, 0.3) is 0 Å². The molecule has 124 valence electrons. The Labute approximate surface area is 132 Å². The van der Waals surface area contributed by atoms with Gasteiger partial charge in [-0.15, -0.1) is 0 Å². The van der Waals surface area contributed by atoms with Gasteiger partial charge < -0.3 is 5.11 Å². The molecular formula is C16H10F4N2O2. The number of carbonyl (C=O) groups is 1. The van der Waals surface area contributed by atoms with Crippen LogP contribution in [0.15, 0.2) is 42.6 Å². The van der Waals surface area contributed by atoms with Gasteiger partial charge in [0.15, 0.2) is 0 Å². The standard InChI is InChI=1S/C16H10F4N2O2/c17-14-9(2-1-3-12(14)15(23)24)8-22-13-5-4-11(16(18,19)20)6-10(13)7-21-22/h1-7H,8H2,(H,23,24). The van der Waals surface area contributed by atoms with E-state index >= 15 is 0 Å². The van der Waals surface area contributed by atoms with Gasteiger partial charge >= 0.3 is 12.1 Å². The van der Waals surface area contributed by atoms with Crippen molar-refractivity contribution in [1.29, 1.82) is 0 Å². The number of rotatable bonds is 3. The Hall–Kier alpha value is -2.90. The maximum atomic E-state index is 14.2. The number of halogens is 4. The topological polar surface area (TPSA) is 55.1 Å². The van der Waals surface area contributed by atoms with E-state index in [9.17, 15) is 22.4 Å². The Bertz CT molecular complexity index is 931. The van der Waals surface area contributed by atoms with Gasteiger partial charge in [-0.2, -0.15) is 18.3 Å². The molecule has 3 aromatic rings. The molecule has 2 aromatic carbocycles. The molecule has 0 amide bonds. The van der Waals surface area contributed by atoms with E-state index in [0.29, 0.717) is 5.52 Å². The number of fused-ring (bicyclic) bond motifs is 1. The van der Waals surface area contributed by atoms with E-state index in [0.717, 1.165) is 18.2 Å². The molecule has 0 spiro atoms. The number of aromatic carboxylic acids is 1. The molecule has 0 fully saturated rings. The summed E-state index contributed by atoms with van der Waals surface area (Å²) < 4.78 is 53.6. The first-order chi connectivity index (χ1) is 11.3. The van der Waals surface area contributed by atoms with Gasteiger partial charge in [-0.1, -0.05) is 12.1 Å². The predicted octanol–water partition coefficient (Wildman–Crippen LogP) is 3.94. The van der Waals surface area contributed by atoms with E-state index in [1.165, 1.54) is 29.1 Å². The van der Waals surface area contributed by atoms with E-state index in [1.807, 2.05) is 0 Å². The first-order valence-corrected chi connectivity index (χ1v) is 6.81. The molecule has 8 heteroatoms. The maximum Gasteiger partial charge on any atom is 0.416 e. The summed E-state index contributed by atoms with van der Waals surface area (Å²) in [6, 6.07) is 7.07. The Balaban J connectivity index is 2.00. The lowest BCUT2D eigenvalue weighted by atomic mass is 10.1. The van der Waals surface area contributed by atoms with Crippen molar-refractivity contribution in [3.63, 3.8) is 0 Å². The number of hydrogen-bond donors (Lipinski definition) is 1. The number of hydrogen-bond acceptors (Lipinski definition) is 2. The van der Waals surface area contributed by atoms with E-state index in [2.05, 4.69) is 5.10 Å². The Morgan fingerprint density at radius 1 is 1.21 bits per heavy atom. The molecule has 0 radical (unpaired) electrons. The van der Waals surface area contributed by atoms with Crippen LogP contribution in [-0.2, 0) is 12.7 Å². The lowest BCUT2D eigenvalue weighted by Gasteiger charge is -2.09. The van der Waals surface area contributed by atoms with Crippen LogP contribution in [0.3, 0.4) is 0 Å². The van der Waals surface area contributed by atoms with Gasteiger partial charge in [0.05, 0.1) is 29.4 Å². The Morgan fingerprint density at radius 3 is 2.62 bits per heavy atom. The van der Waals surface area contributed by atoms with Gasteiger partial charge in [-0.05, 0) is 24.3 Å². The second-order valence-electron chi connectivity index (χ2n) is 5.16. The smallest absolute Gasteiger partial charge is 0.416 e. The van der Waals surface area contributed by atoms with Crippen molar-refractivity contribution in [1.82, 2.24) is 9.78 Å². The molecule has 0 saturated heterocycles. The normalized spacial score (nSPS) is 11.8. The zero-order valence-electron chi connectivity index (χ0n) is 12.0. The summed E-state index contributed by atoms with van der Waals surface area (Å²) in [5, 5.41) is 13.2. The average molecular weight is 338 g/mol. The van der Waals surface area contributed by atoms with E-state index in [1.54, 1.807) is 0 Å². The summed E-state index contributed by atoms with van der Waals surface area (Å²) in [7, 11) is 0. The fourth-order valence-electron chi connectivity index (χ4n) is 2.42. The van der Waals surface area contributed by atoms with Gasteiger partial charge in [-0.3, -0.25) is 4.68 Å². The predicted molar refractivity (Wildman–Crippen MR) is 77.2 cm³/mol. The highest BCUT2D eigenvalue weighted by atomic mass is 19.4. The number of alkyl halides is 3. The number of benzene rings is 2. The van der Waals surface area contributed by atoms with Crippen LogP contribution in [0, 0.1) is 5.82 Å². The third kappa shape index (κ3) is 2.82. The molecule has 0 aliphatic rings. The molecule has 0 bridgehead atoms. The SMILES string of the molecule is O=C(O)c1cccc(Cn2ncc3cc(C(F)(F)F)ccc32)c1F. The molecule has 3 rings (SSSR count). The lowest BCUT2D eigenvalue weighted by Crippen LogP contribution is -2.08. The van der Waals surface area contributed by atoms with Crippen LogP contribution in [0.5, 0.6) is 0 Å². The van der Waals surface area contributed by atoms with Crippen molar-refractivity contribution in [3.05, 3.63) is 65.1 Å². The van der Waals surface area contributed by atoms with Crippen LogP contribution in [0.4, 0.5) is 17.6 Å². The van der Waals surface area contributed by atoms with Crippen LogP contribution >= 0.6 is 0 Å². The highest BCUT2D eigenvalue weighted by Crippen LogP contribution is 2.31. The number of carboxylic acid groups (broad SMARTS) is 1. The third-order valence-corrected chi connectivity index (χ3v) is 3.60. The van der Waals surface area contributed by atoms with Gasteiger partial charge in [0.2, 0.25) is 0 Å². The van der Waals surface area contributed by atoms with Crippen LogP contribution < -0.4 is 0 Å². The summed E-state index contributed by atoms with van der Waals surface area (Å²) in [4.78, 5) is 11.0. The highest BCUT2D eigenvalue weighted by molar-refractivity contribution is 5.88. The van der Waals surface area contributed by atoms with Crippen LogP contribution in [0.2, 0.25) is 0 Å². The minimum Gasteiger partial charge on any atom is -0.478 e. The second kappa shape index (κ2) is 5.63. The summed E-state index contributed by atoms with van der Waals surface area (Å²) in [6.07, 6.45) is -3.21. The second-order valence-corrected chi connectivity index (χ2v) is 5.16. The molecule has 1 N–H and O–H groups in total. The molecule has 0 atom stereocenters. The number of carboxylic acids is 1. The van der Waals surface area contributed by atoms with Crippen molar-refractivity contribution in [2.24, 2.45) is 0 Å². The molecule has 1 heterocycles. The average Bonchev–Trinajstić information content (AvgIpc) is 2.90. The van der Waals surface area contributed by atoms with Crippen molar-refractivity contribution in [2.75, 3.05) is 0 Å². The summed E-state index contributed by atoms with van der Waals surface area (Å²) in [5.74, 6) is -2.28. The number of nitrogens with zero attached hydrogens (tertiary/aromatic N) is 2. The molecule has 0 aliphatic heterocycles. The maximum absolute atomic E-state index is 14.2. The van der Waals surface area contributed by atoms with Crippen molar-refractivity contribution >= 4 is 16.9 Å². The first kappa shape index (κ1) is 16.0.